The topological polar surface area (TPSA) is 82.5 Å². The van der Waals surface area contributed by atoms with Crippen molar-refractivity contribution in [2.45, 2.75) is 39.1 Å². The minimum atomic E-state index is -0.580. The van der Waals surface area contributed by atoms with E-state index in [4.69, 9.17) is 9.47 Å². The standard InChI is InChI=1S/C21H34N2O5/c1-16(2)27-14-19(25)12-22-8-10-23(11-9-22)13-20(26)15-28-21-6-4-18(5-7-21)17(3)24/h4-7,16,19-20,25-26H,8-15H2,1-3H3/t19-,20+/m0/s1. The summed E-state index contributed by atoms with van der Waals surface area (Å²) >= 11 is 0. The fourth-order valence-corrected chi connectivity index (χ4v) is 3.14. The minimum Gasteiger partial charge on any atom is -0.491 e. The molecule has 0 amide bonds. The Bertz CT molecular complexity index is 585. The first-order chi connectivity index (χ1) is 13.3. The average Bonchev–Trinajstić information content (AvgIpc) is 2.66. The lowest BCUT2D eigenvalue weighted by atomic mass is 10.1. The highest BCUT2D eigenvalue weighted by atomic mass is 16.5. The van der Waals surface area contributed by atoms with Gasteiger partial charge in [0.05, 0.1) is 18.8 Å². The lowest BCUT2D eigenvalue weighted by Crippen LogP contribution is -2.51. The number of carbonyl (C=O) groups excluding carboxylic acids is 1. The van der Waals surface area contributed by atoms with Gasteiger partial charge >= 0.3 is 0 Å². The Balaban J connectivity index is 1.63. The van der Waals surface area contributed by atoms with Gasteiger partial charge in [-0.05, 0) is 45.0 Å². The van der Waals surface area contributed by atoms with Crippen LogP contribution in [-0.2, 0) is 4.74 Å². The van der Waals surface area contributed by atoms with Crippen molar-refractivity contribution in [1.29, 1.82) is 0 Å². The van der Waals surface area contributed by atoms with Crippen molar-refractivity contribution < 1.29 is 24.5 Å². The average molecular weight is 395 g/mol. The van der Waals surface area contributed by atoms with Gasteiger partial charge in [0.15, 0.2) is 5.78 Å². The summed E-state index contributed by atoms with van der Waals surface area (Å²) in [6, 6.07) is 6.95. The molecule has 0 aliphatic carbocycles. The Hall–Kier alpha value is -1.51. The molecule has 1 saturated heterocycles. The highest BCUT2D eigenvalue weighted by molar-refractivity contribution is 5.94. The predicted octanol–water partition coefficient (Wildman–Crippen LogP) is 1.03. The maximum Gasteiger partial charge on any atom is 0.159 e. The molecule has 158 valence electrons. The lowest BCUT2D eigenvalue weighted by Gasteiger charge is -2.36. The van der Waals surface area contributed by atoms with Gasteiger partial charge in [0, 0.05) is 44.8 Å². The van der Waals surface area contributed by atoms with Crippen molar-refractivity contribution in [3.05, 3.63) is 29.8 Å². The molecule has 2 N–H and O–H groups in total. The molecule has 1 aliphatic heterocycles. The molecule has 1 heterocycles. The molecule has 0 unspecified atom stereocenters. The van der Waals surface area contributed by atoms with Gasteiger partial charge in [-0.2, -0.15) is 0 Å². The maximum atomic E-state index is 11.3. The molecule has 0 spiro atoms. The van der Waals surface area contributed by atoms with Crippen LogP contribution in [0.4, 0.5) is 0 Å². The summed E-state index contributed by atoms with van der Waals surface area (Å²) in [5.41, 5.74) is 0.645. The minimum absolute atomic E-state index is 0.0192. The third-order valence-electron chi connectivity index (χ3n) is 4.73. The number of hydrogen-bond donors (Lipinski definition) is 2. The Labute approximate surface area is 167 Å². The van der Waals surface area contributed by atoms with E-state index in [0.29, 0.717) is 31.0 Å². The Morgan fingerprint density at radius 2 is 1.46 bits per heavy atom. The number of carbonyl (C=O) groups is 1. The maximum absolute atomic E-state index is 11.3. The smallest absolute Gasteiger partial charge is 0.159 e. The quantitative estimate of drug-likeness (QED) is 0.543. The van der Waals surface area contributed by atoms with Crippen LogP contribution in [0.25, 0.3) is 0 Å². The van der Waals surface area contributed by atoms with Crippen molar-refractivity contribution >= 4 is 5.78 Å². The van der Waals surface area contributed by atoms with E-state index in [1.165, 1.54) is 6.92 Å². The van der Waals surface area contributed by atoms with Crippen LogP contribution in [0.2, 0.25) is 0 Å². The van der Waals surface area contributed by atoms with Crippen LogP contribution in [0.1, 0.15) is 31.1 Å². The highest BCUT2D eigenvalue weighted by Gasteiger charge is 2.21. The molecule has 0 radical (unpaired) electrons. The van der Waals surface area contributed by atoms with E-state index >= 15 is 0 Å². The third kappa shape index (κ3) is 8.24. The number of β-amino-alcohol motifs (C(OH)–C–C–N with tert-alkyl or cyclic N) is 2. The summed E-state index contributed by atoms with van der Waals surface area (Å²) in [6.07, 6.45) is -0.923. The van der Waals surface area contributed by atoms with Crippen LogP contribution in [-0.4, -0.2) is 96.6 Å². The van der Waals surface area contributed by atoms with E-state index in [-0.39, 0.29) is 18.5 Å². The fraction of sp³-hybridized carbons (Fsp3) is 0.667. The first kappa shape index (κ1) is 22.8. The van der Waals surface area contributed by atoms with Gasteiger partial charge in [-0.15, -0.1) is 0 Å². The number of Topliss-reactive ketones (excluding diaryl/α,β-unsaturated/α-hetero) is 1. The van der Waals surface area contributed by atoms with E-state index < -0.39 is 12.2 Å². The molecule has 7 heteroatoms. The molecule has 1 aromatic carbocycles. The van der Waals surface area contributed by atoms with Gasteiger partial charge in [-0.25, -0.2) is 0 Å². The van der Waals surface area contributed by atoms with Crippen molar-refractivity contribution in [3.63, 3.8) is 0 Å². The summed E-state index contributed by atoms with van der Waals surface area (Å²) < 4.78 is 11.1. The number of aliphatic hydroxyl groups excluding tert-OH is 2. The number of benzene rings is 1. The predicted molar refractivity (Wildman–Crippen MR) is 108 cm³/mol. The Morgan fingerprint density at radius 1 is 0.964 bits per heavy atom. The summed E-state index contributed by atoms with van der Waals surface area (Å²) in [4.78, 5) is 15.7. The van der Waals surface area contributed by atoms with Crippen LogP contribution in [0.3, 0.4) is 0 Å². The van der Waals surface area contributed by atoms with Gasteiger partial charge in [0.2, 0.25) is 0 Å². The molecule has 0 bridgehead atoms. The zero-order valence-corrected chi connectivity index (χ0v) is 17.2. The van der Waals surface area contributed by atoms with Crippen LogP contribution in [0.15, 0.2) is 24.3 Å². The molecule has 0 aromatic heterocycles. The second-order valence-corrected chi connectivity index (χ2v) is 7.68. The molecular weight excluding hydrogens is 360 g/mol. The summed E-state index contributed by atoms with van der Waals surface area (Å²) in [5.74, 6) is 0.664. The summed E-state index contributed by atoms with van der Waals surface area (Å²) in [7, 11) is 0. The number of hydrogen-bond acceptors (Lipinski definition) is 7. The number of ether oxygens (including phenoxy) is 2. The van der Waals surface area contributed by atoms with Crippen molar-refractivity contribution in [2.75, 3.05) is 52.5 Å². The van der Waals surface area contributed by atoms with Crippen LogP contribution < -0.4 is 4.74 Å². The largest absolute Gasteiger partial charge is 0.491 e. The van der Waals surface area contributed by atoms with E-state index in [9.17, 15) is 15.0 Å². The van der Waals surface area contributed by atoms with E-state index in [0.717, 1.165) is 26.2 Å². The van der Waals surface area contributed by atoms with Gasteiger partial charge < -0.3 is 19.7 Å². The Kier molecular flexibility index (Phi) is 9.34. The van der Waals surface area contributed by atoms with Gasteiger partial charge in [0.1, 0.15) is 18.5 Å². The molecular formula is C21H34N2O5. The number of aliphatic hydroxyl groups is 2. The number of piperazine rings is 1. The molecule has 7 nitrogen and oxygen atoms in total. The van der Waals surface area contributed by atoms with Crippen LogP contribution >= 0.6 is 0 Å². The second kappa shape index (κ2) is 11.5. The van der Waals surface area contributed by atoms with Gasteiger partial charge in [-0.3, -0.25) is 14.6 Å². The van der Waals surface area contributed by atoms with Crippen molar-refractivity contribution in [3.8, 4) is 5.75 Å². The number of ketones is 1. The molecule has 28 heavy (non-hydrogen) atoms. The summed E-state index contributed by atoms with van der Waals surface area (Å²) in [6.45, 7) is 10.6. The zero-order valence-electron chi connectivity index (χ0n) is 17.2. The first-order valence-electron chi connectivity index (χ1n) is 9.99. The molecule has 1 aliphatic rings. The van der Waals surface area contributed by atoms with Crippen LogP contribution in [0.5, 0.6) is 5.75 Å². The van der Waals surface area contributed by atoms with Crippen molar-refractivity contribution in [1.82, 2.24) is 9.80 Å². The van der Waals surface area contributed by atoms with E-state index in [2.05, 4.69) is 9.80 Å². The third-order valence-corrected chi connectivity index (χ3v) is 4.73. The second-order valence-electron chi connectivity index (χ2n) is 7.68. The number of rotatable bonds is 11. The monoisotopic (exact) mass is 394 g/mol. The summed E-state index contributed by atoms with van der Waals surface area (Å²) in [5, 5.41) is 20.3. The molecule has 2 rings (SSSR count). The number of nitrogens with zero attached hydrogens (tertiary/aromatic N) is 2. The SMILES string of the molecule is CC(=O)c1ccc(OC[C@H](O)CN2CCN(C[C@H](O)COC(C)C)CC2)cc1. The fourth-order valence-electron chi connectivity index (χ4n) is 3.14. The normalized spacial score (nSPS) is 18.2. The first-order valence-corrected chi connectivity index (χ1v) is 9.99. The van der Waals surface area contributed by atoms with Gasteiger partial charge in [-0.1, -0.05) is 0 Å². The van der Waals surface area contributed by atoms with Crippen LogP contribution in [0, 0.1) is 0 Å². The van der Waals surface area contributed by atoms with E-state index in [1.54, 1.807) is 24.3 Å². The van der Waals surface area contributed by atoms with E-state index in [1.807, 2.05) is 13.8 Å². The molecule has 1 aromatic rings. The zero-order chi connectivity index (χ0) is 20.5. The van der Waals surface area contributed by atoms with Crippen molar-refractivity contribution in [2.24, 2.45) is 0 Å². The molecule has 1 fully saturated rings. The molecule has 2 atom stereocenters. The highest BCUT2D eigenvalue weighted by Crippen LogP contribution is 2.13. The Morgan fingerprint density at radius 3 is 1.93 bits per heavy atom. The van der Waals surface area contributed by atoms with Gasteiger partial charge in [0.25, 0.3) is 0 Å². The lowest BCUT2D eigenvalue weighted by molar-refractivity contribution is -0.0176. The molecule has 0 saturated carbocycles.